The van der Waals surface area contributed by atoms with Gasteiger partial charge in [0, 0.05) is 12.7 Å². The van der Waals surface area contributed by atoms with Crippen LogP contribution in [0.4, 0.5) is 0 Å². The number of carbonyl (C=O) groups is 1. The van der Waals surface area contributed by atoms with Gasteiger partial charge in [0.2, 0.25) is 10.0 Å². The lowest BCUT2D eigenvalue weighted by atomic mass is 10.1. The number of nitrogens with one attached hydrogen (secondary N) is 2. The number of primary sulfonamides is 1. The molecule has 1 heterocycles. The van der Waals surface area contributed by atoms with Gasteiger partial charge in [-0.2, -0.15) is 0 Å². The lowest BCUT2D eigenvalue weighted by molar-refractivity contribution is 0.0946. The Balaban J connectivity index is 2.10. The summed E-state index contributed by atoms with van der Waals surface area (Å²) in [6, 6.07) is 8.78. The lowest BCUT2D eigenvalue weighted by Crippen LogP contribution is -2.25. The second-order valence-corrected chi connectivity index (χ2v) is 6.41. The number of hydrogen-bond donors (Lipinski definition) is 3. The highest BCUT2D eigenvalue weighted by Crippen LogP contribution is 2.12. The summed E-state index contributed by atoms with van der Waals surface area (Å²) in [6.07, 6.45) is 1.69. The van der Waals surface area contributed by atoms with E-state index >= 15 is 0 Å². The summed E-state index contributed by atoms with van der Waals surface area (Å²) in [4.78, 5) is 14.9. The number of aromatic nitrogens is 1. The Morgan fingerprint density at radius 2 is 1.90 bits per heavy atom. The minimum Gasteiger partial charge on any atom is -0.357 e. The van der Waals surface area contributed by atoms with Crippen molar-refractivity contribution in [3.05, 3.63) is 58.9 Å². The monoisotopic (exact) mass is 307 g/mol. The van der Waals surface area contributed by atoms with Gasteiger partial charge in [-0.3, -0.25) is 4.79 Å². The van der Waals surface area contributed by atoms with Gasteiger partial charge in [0.1, 0.15) is 5.69 Å². The summed E-state index contributed by atoms with van der Waals surface area (Å²) in [7, 11) is -3.61. The quantitative estimate of drug-likeness (QED) is 0.768. The first-order valence-corrected chi connectivity index (χ1v) is 8.08. The summed E-state index contributed by atoms with van der Waals surface area (Å²) in [6.45, 7) is 2.07. The number of aryl methyl sites for hydroxylation is 1. The third-order valence-corrected chi connectivity index (χ3v) is 3.81. The fourth-order valence-corrected chi connectivity index (χ4v) is 2.76. The number of aromatic amines is 1. The predicted molar refractivity (Wildman–Crippen MR) is 80.0 cm³/mol. The molecule has 0 aliphatic heterocycles. The van der Waals surface area contributed by atoms with Gasteiger partial charge in [0.25, 0.3) is 5.91 Å². The summed E-state index contributed by atoms with van der Waals surface area (Å²) < 4.78 is 22.4. The van der Waals surface area contributed by atoms with Gasteiger partial charge < -0.3 is 10.3 Å². The molecule has 112 valence electrons. The van der Waals surface area contributed by atoms with E-state index < -0.39 is 10.0 Å². The van der Waals surface area contributed by atoms with E-state index in [0.29, 0.717) is 11.3 Å². The molecule has 0 aliphatic carbocycles. The summed E-state index contributed by atoms with van der Waals surface area (Å²) in [5.74, 6) is -0.483. The Hall–Kier alpha value is -2.12. The zero-order chi connectivity index (χ0) is 15.5. The van der Waals surface area contributed by atoms with Crippen molar-refractivity contribution in [2.24, 2.45) is 5.14 Å². The second kappa shape index (κ2) is 6.11. The van der Waals surface area contributed by atoms with E-state index in [-0.39, 0.29) is 18.2 Å². The van der Waals surface area contributed by atoms with Crippen LogP contribution >= 0.6 is 0 Å². The SMILES string of the molecule is Cc1cc[nH]c1C(=O)NCc1ccccc1CS(N)(=O)=O. The van der Waals surface area contributed by atoms with E-state index in [4.69, 9.17) is 5.14 Å². The maximum Gasteiger partial charge on any atom is 0.268 e. The summed E-state index contributed by atoms with van der Waals surface area (Å²) in [5, 5.41) is 7.83. The fraction of sp³-hybridized carbons (Fsp3) is 0.214. The molecule has 0 radical (unpaired) electrons. The standard InChI is InChI=1S/C14H17N3O3S/c1-10-6-7-16-13(10)14(18)17-8-11-4-2-3-5-12(11)9-21(15,19)20/h2-7,16H,8-9H2,1H3,(H,17,18)(H2,15,19,20). The first kappa shape index (κ1) is 15.3. The molecule has 0 atom stereocenters. The maximum absolute atomic E-state index is 12.0. The normalized spacial score (nSPS) is 11.3. The van der Waals surface area contributed by atoms with Gasteiger partial charge in [-0.15, -0.1) is 0 Å². The number of benzene rings is 1. The Bertz CT molecular complexity index is 750. The summed E-state index contributed by atoms with van der Waals surface area (Å²) >= 11 is 0. The number of rotatable bonds is 5. The van der Waals surface area contributed by atoms with Crippen LogP contribution in [0.2, 0.25) is 0 Å². The van der Waals surface area contributed by atoms with Crippen molar-refractivity contribution in [2.75, 3.05) is 0 Å². The lowest BCUT2D eigenvalue weighted by Gasteiger charge is -2.10. The average Bonchev–Trinajstić information content (AvgIpc) is 2.82. The number of sulfonamides is 1. The number of H-pyrrole nitrogens is 1. The molecule has 0 unspecified atom stereocenters. The molecule has 0 bridgehead atoms. The Morgan fingerprint density at radius 3 is 2.48 bits per heavy atom. The Morgan fingerprint density at radius 1 is 1.24 bits per heavy atom. The third kappa shape index (κ3) is 4.17. The summed E-state index contributed by atoms with van der Waals surface area (Å²) in [5.41, 5.74) is 2.66. The van der Waals surface area contributed by atoms with Crippen LogP contribution in [0.3, 0.4) is 0 Å². The number of hydrogen-bond acceptors (Lipinski definition) is 3. The molecule has 1 aromatic heterocycles. The molecule has 2 aromatic rings. The Labute approximate surface area is 123 Å². The number of nitrogens with two attached hydrogens (primary N) is 1. The zero-order valence-electron chi connectivity index (χ0n) is 11.6. The van der Waals surface area contributed by atoms with E-state index in [9.17, 15) is 13.2 Å². The van der Waals surface area contributed by atoms with Gasteiger partial charge in [0.15, 0.2) is 0 Å². The van der Waals surface area contributed by atoms with Crippen LogP contribution in [0.5, 0.6) is 0 Å². The van der Waals surface area contributed by atoms with Crippen molar-refractivity contribution >= 4 is 15.9 Å². The molecular formula is C14H17N3O3S. The molecule has 21 heavy (non-hydrogen) atoms. The molecule has 1 aromatic carbocycles. The van der Waals surface area contributed by atoms with E-state index in [1.807, 2.05) is 13.0 Å². The first-order valence-electron chi connectivity index (χ1n) is 6.36. The average molecular weight is 307 g/mol. The highest BCUT2D eigenvalue weighted by atomic mass is 32.2. The van der Waals surface area contributed by atoms with Crippen molar-refractivity contribution in [1.82, 2.24) is 10.3 Å². The third-order valence-electron chi connectivity index (χ3n) is 3.10. The van der Waals surface area contributed by atoms with Crippen LogP contribution in [0.15, 0.2) is 36.5 Å². The fourth-order valence-electron chi connectivity index (χ4n) is 2.04. The molecule has 0 saturated heterocycles. The van der Waals surface area contributed by atoms with E-state index in [1.165, 1.54) is 0 Å². The van der Waals surface area contributed by atoms with Crippen LogP contribution in [-0.2, 0) is 22.3 Å². The van der Waals surface area contributed by atoms with E-state index in [2.05, 4.69) is 10.3 Å². The van der Waals surface area contributed by atoms with Crippen molar-refractivity contribution in [1.29, 1.82) is 0 Å². The molecule has 7 heteroatoms. The molecule has 0 fully saturated rings. The molecule has 2 rings (SSSR count). The van der Waals surface area contributed by atoms with E-state index in [0.717, 1.165) is 11.1 Å². The van der Waals surface area contributed by atoms with Gasteiger partial charge >= 0.3 is 0 Å². The molecule has 6 nitrogen and oxygen atoms in total. The van der Waals surface area contributed by atoms with Crippen LogP contribution in [0.1, 0.15) is 27.2 Å². The topological polar surface area (TPSA) is 105 Å². The smallest absolute Gasteiger partial charge is 0.268 e. The molecule has 0 spiro atoms. The molecule has 0 saturated carbocycles. The van der Waals surface area contributed by atoms with Crippen molar-refractivity contribution in [2.45, 2.75) is 19.2 Å². The maximum atomic E-state index is 12.0. The van der Waals surface area contributed by atoms with Crippen LogP contribution < -0.4 is 10.5 Å². The highest BCUT2D eigenvalue weighted by Gasteiger charge is 2.12. The minimum absolute atomic E-state index is 0.233. The molecule has 1 amide bonds. The van der Waals surface area contributed by atoms with Gasteiger partial charge in [0.05, 0.1) is 5.75 Å². The number of carbonyl (C=O) groups excluding carboxylic acids is 1. The number of amides is 1. The van der Waals surface area contributed by atoms with E-state index in [1.54, 1.807) is 30.5 Å². The molecular weight excluding hydrogens is 290 g/mol. The van der Waals surface area contributed by atoms with Crippen LogP contribution in [-0.4, -0.2) is 19.3 Å². The Kier molecular flexibility index (Phi) is 4.44. The minimum atomic E-state index is -3.61. The van der Waals surface area contributed by atoms with Crippen molar-refractivity contribution in [3.8, 4) is 0 Å². The first-order chi connectivity index (χ1) is 9.87. The molecule has 0 aliphatic rings. The van der Waals surface area contributed by atoms with Crippen LogP contribution in [0.25, 0.3) is 0 Å². The predicted octanol–water partition coefficient (Wildman–Crippen LogP) is 1.04. The van der Waals surface area contributed by atoms with Crippen molar-refractivity contribution in [3.63, 3.8) is 0 Å². The molecule has 4 N–H and O–H groups in total. The largest absolute Gasteiger partial charge is 0.357 e. The van der Waals surface area contributed by atoms with Gasteiger partial charge in [-0.25, -0.2) is 13.6 Å². The zero-order valence-corrected chi connectivity index (χ0v) is 12.4. The second-order valence-electron chi connectivity index (χ2n) is 4.79. The van der Waals surface area contributed by atoms with Crippen molar-refractivity contribution < 1.29 is 13.2 Å². The van der Waals surface area contributed by atoms with Crippen LogP contribution in [0, 0.1) is 6.92 Å². The van der Waals surface area contributed by atoms with Gasteiger partial charge in [-0.1, -0.05) is 24.3 Å². The van der Waals surface area contributed by atoms with Gasteiger partial charge in [-0.05, 0) is 29.7 Å². The highest BCUT2D eigenvalue weighted by molar-refractivity contribution is 7.88.